The summed E-state index contributed by atoms with van der Waals surface area (Å²) in [5, 5.41) is 3.46. The lowest BCUT2D eigenvalue weighted by atomic mass is 10.2. The Balaban J connectivity index is 2.35. The molecule has 0 aliphatic carbocycles. The van der Waals surface area contributed by atoms with Gasteiger partial charge in [-0.1, -0.05) is 18.5 Å². The lowest BCUT2D eigenvalue weighted by molar-refractivity contribution is 0.146. The van der Waals surface area contributed by atoms with Crippen molar-refractivity contribution in [2.75, 3.05) is 19.8 Å². The van der Waals surface area contributed by atoms with Crippen molar-refractivity contribution >= 4 is 22.9 Å². The summed E-state index contributed by atoms with van der Waals surface area (Å²) in [5.41, 5.74) is 0. The zero-order valence-corrected chi connectivity index (χ0v) is 10.8. The van der Waals surface area contributed by atoms with Gasteiger partial charge < -0.3 is 10.1 Å². The standard InChI is InChI=1S/C11H18ClNOS/c1-3-9(13-7-8-14-4-2)10-5-6-11(12)15-10/h5-6,9,13H,3-4,7-8H2,1-2H3. The molecule has 0 fully saturated rings. The zero-order valence-electron chi connectivity index (χ0n) is 9.25. The highest BCUT2D eigenvalue weighted by atomic mass is 35.5. The van der Waals surface area contributed by atoms with E-state index in [1.54, 1.807) is 11.3 Å². The van der Waals surface area contributed by atoms with Gasteiger partial charge in [-0.05, 0) is 25.5 Å². The molecule has 0 aliphatic rings. The highest BCUT2D eigenvalue weighted by Gasteiger charge is 2.10. The van der Waals surface area contributed by atoms with Gasteiger partial charge in [0.05, 0.1) is 10.9 Å². The summed E-state index contributed by atoms with van der Waals surface area (Å²) in [6.45, 7) is 6.62. The van der Waals surface area contributed by atoms with Gasteiger partial charge in [-0.2, -0.15) is 0 Å². The van der Waals surface area contributed by atoms with E-state index in [1.165, 1.54) is 4.88 Å². The molecule has 1 aromatic rings. The van der Waals surface area contributed by atoms with E-state index < -0.39 is 0 Å². The molecule has 4 heteroatoms. The summed E-state index contributed by atoms with van der Waals surface area (Å²) in [4.78, 5) is 1.30. The number of halogens is 1. The van der Waals surface area contributed by atoms with Crippen molar-refractivity contribution in [2.24, 2.45) is 0 Å². The van der Waals surface area contributed by atoms with Crippen molar-refractivity contribution in [3.05, 3.63) is 21.3 Å². The highest BCUT2D eigenvalue weighted by molar-refractivity contribution is 7.16. The van der Waals surface area contributed by atoms with E-state index in [4.69, 9.17) is 16.3 Å². The molecule has 0 saturated heterocycles. The molecule has 0 saturated carbocycles. The first-order valence-corrected chi connectivity index (χ1v) is 6.53. The molecule has 2 nitrogen and oxygen atoms in total. The van der Waals surface area contributed by atoms with Crippen molar-refractivity contribution in [1.82, 2.24) is 5.32 Å². The van der Waals surface area contributed by atoms with Gasteiger partial charge in [0, 0.05) is 24.1 Å². The van der Waals surface area contributed by atoms with Gasteiger partial charge in [-0.15, -0.1) is 11.3 Å². The summed E-state index contributed by atoms with van der Waals surface area (Å²) in [6, 6.07) is 4.45. The normalized spacial score (nSPS) is 13.0. The van der Waals surface area contributed by atoms with Crippen molar-refractivity contribution in [3.8, 4) is 0 Å². The molecule has 1 aromatic heterocycles. The fraction of sp³-hybridized carbons (Fsp3) is 0.636. The quantitative estimate of drug-likeness (QED) is 0.745. The minimum Gasteiger partial charge on any atom is -0.380 e. The summed E-state index contributed by atoms with van der Waals surface area (Å²) in [5.74, 6) is 0. The van der Waals surface area contributed by atoms with Gasteiger partial charge in [-0.25, -0.2) is 0 Å². The number of hydrogen-bond acceptors (Lipinski definition) is 3. The molecule has 1 unspecified atom stereocenters. The van der Waals surface area contributed by atoms with E-state index in [0.717, 1.165) is 30.5 Å². The first kappa shape index (κ1) is 13.0. The van der Waals surface area contributed by atoms with Gasteiger partial charge in [0.1, 0.15) is 0 Å². The SMILES string of the molecule is CCOCCNC(CC)c1ccc(Cl)s1. The average molecular weight is 248 g/mol. The molecule has 0 aliphatic heterocycles. The molecule has 0 amide bonds. The summed E-state index contributed by atoms with van der Waals surface area (Å²) < 4.78 is 6.14. The average Bonchev–Trinajstić information content (AvgIpc) is 2.65. The largest absolute Gasteiger partial charge is 0.380 e. The minimum atomic E-state index is 0.406. The van der Waals surface area contributed by atoms with Crippen LogP contribution in [-0.4, -0.2) is 19.8 Å². The van der Waals surface area contributed by atoms with Gasteiger partial charge >= 0.3 is 0 Å². The van der Waals surface area contributed by atoms with Crippen LogP contribution in [0.5, 0.6) is 0 Å². The summed E-state index contributed by atoms with van der Waals surface area (Å²) in [7, 11) is 0. The second kappa shape index (κ2) is 7.23. The number of rotatable bonds is 7. The van der Waals surface area contributed by atoms with Gasteiger partial charge in [0.2, 0.25) is 0 Å². The number of nitrogens with one attached hydrogen (secondary N) is 1. The molecule has 0 bridgehead atoms. The maximum absolute atomic E-state index is 5.91. The maximum atomic E-state index is 5.91. The Hall–Kier alpha value is -0.0900. The highest BCUT2D eigenvalue weighted by Crippen LogP contribution is 2.28. The van der Waals surface area contributed by atoms with Gasteiger partial charge in [0.15, 0.2) is 0 Å². The molecular weight excluding hydrogens is 230 g/mol. The van der Waals surface area contributed by atoms with Crippen molar-refractivity contribution < 1.29 is 4.74 Å². The van der Waals surface area contributed by atoms with Crippen LogP contribution in [0, 0.1) is 0 Å². The molecule has 0 spiro atoms. The van der Waals surface area contributed by atoms with Crippen LogP contribution in [0.15, 0.2) is 12.1 Å². The van der Waals surface area contributed by atoms with Crippen LogP contribution in [-0.2, 0) is 4.74 Å². The van der Waals surface area contributed by atoms with Crippen LogP contribution in [0.2, 0.25) is 4.34 Å². The van der Waals surface area contributed by atoms with Crippen molar-refractivity contribution in [3.63, 3.8) is 0 Å². The maximum Gasteiger partial charge on any atom is 0.0931 e. The minimum absolute atomic E-state index is 0.406. The third-order valence-corrected chi connectivity index (χ3v) is 3.53. The molecule has 1 N–H and O–H groups in total. The topological polar surface area (TPSA) is 21.3 Å². The van der Waals surface area contributed by atoms with E-state index in [0.29, 0.717) is 6.04 Å². The Kier molecular flexibility index (Phi) is 6.25. The van der Waals surface area contributed by atoms with E-state index in [9.17, 15) is 0 Å². The Morgan fingerprint density at radius 3 is 2.80 bits per heavy atom. The van der Waals surface area contributed by atoms with Crippen LogP contribution >= 0.6 is 22.9 Å². The molecule has 0 radical (unpaired) electrons. The fourth-order valence-corrected chi connectivity index (χ4v) is 2.63. The van der Waals surface area contributed by atoms with E-state index in [1.807, 2.05) is 13.0 Å². The predicted octanol–water partition coefficient (Wildman–Crippen LogP) is 3.48. The van der Waals surface area contributed by atoms with E-state index in [-0.39, 0.29) is 0 Å². The van der Waals surface area contributed by atoms with Gasteiger partial charge in [-0.3, -0.25) is 0 Å². The second-order valence-corrected chi connectivity index (χ2v) is 5.00. The third-order valence-electron chi connectivity index (χ3n) is 2.19. The lowest BCUT2D eigenvalue weighted by Crippen LogP contribution is -2.24. The Labute approximate surface area is 101 Å². The van der Waals surface area contributed by atoms with Crippen LogP contribution < -0.4 is 5.32 Å². The zero-order chi connectivity index (χ0) is 11.1. The van der Waals surface area contributed by atoms with Crippen molar-refractivity contribution in [2.45, 2.75) is 26.3 Å². The molecule has 1 rings (SSSR count). The van der Waals surface area contributed by atoms with Gasteiger partial charge in [0.25, 0.3) is 0 Å². The molecule has 0 aromatic carbocycles. The molecule has 15 heavy (non-hydrogen) atoms. The first-order chi connectivity index (χ1) is 7.27. The fourth-order valence-electron chi connectivity index (χ4n) is 1.41. The molecular formula is C11H18ClNOS. The molecule has 1 atom stereocenters. The second-order valence-electron chi connectivity index (χ2n) is 3.25. The van der Waals surface area contributed by atoms with Crippen molar-refractivity contribution in [1.29, 1.82) is 0 Å². The number of ether oxygens (including phenoxy) is 1. The monoisotopic (exact) mass is 247 g/mol. The van der Waals surface area contributed by atoms with E-state index in [2.05, 4.69) is 18.3 Å². The molecule has 86 valence electrons. The van der Waals surface area contributed by atoms with Crippen LogP contribution in [0.4, 0.5) is 0 Å². The number of hydrogen-bond donors (Lipinski definition) is 1. The Morgan fingerprint density at radius 1 is 1.47 bits per heavy atom. The first-order valence-electron chi connectivity index (χ1n) is 5.34. The Bertz CT molecular complexity index is 277. The number of thiophene rings is 1. The predicted molar refractivity (Wildman–Crippen MR) is 66.9 cm³/mol. The Morgan fingerprint density at radius 2 is 2.27 bits per heavy atom. The van der Waals surface area contributed by atoms with E-state index >= 15 is 0 Å². The summed E-state index contributed by atoms with van der Waals surface area (Å²) in [6.07, 6.45) is 1.07. The lowest BCUT2D eigenvalue weighted by Gasteiger charge is -2.15. The van der Waals surface area contributed by atoms with Crippen LogP contribution in [0.3, 0.4) is 0 Å². The molecule has 1 heterocycles. The summed E-state index contributed by atoms with van der Waals surface area (Å²) >= 11 is 7.56. The smallest absolute Gasteiger partial charge is 0.0931 e. The third kappa shape index (κ3) is 4.51. The van der Waals surface area contributed by atoms with Crippen LogP contribution in [0.25, 0.3) is 0 Å². The van der Waals surface area contributed by atoms with Crippen LogP contribution in [0.1, 0.15) is 31.2 Å².